The van der Waals surface area contributed by atoms with Crippen molar-refractivity contribution in [3.63, 3.8) is 0 Å². The Morgan fingerprint density at radius 3 is 2.71 bits per heavy atom. The zero-order valence-electron chi connectivity index (χ0n) is 12.4. The Hall–Kier alpha value is -2.33. The molecule has 0 bridgehead atoms. The monoisotopic (exact) mass is 282 g/mol. The molecule has 4 heteroatoms. The van der Waals surface area contributed by atoms with Gasteiger partial charge in [0.15, 0.2) is 0 Å². The maximum Gasteiger partial charge on any atom is 0.138 e. The van der Waals surface area contributed by atoms with E-state index in [1.54, 1.807) is 14.0 Å². The number of hydrogen-bond acceptors (Lipinski definition) is 3. The first-order chi connectivity index (χ1) is 10.1. The first kappa shape index (κ1) is 13.6. The number of pyridine rings is 1. The van der Waals surface area contributed by atoms with Crippen LogP contribution in [0.15, 0.2) is 42.6 Å². The van der Waals surface area contributed by atoms with Crippen molar-refractivity contribution in [1.29, 1.82) is 0 Å². The minimum Gasteiger partial charge on any atom is -0.496 e. The number of aliphatic hydroxyl groups is 1. The van der Waals surface area contributed by atoms with Crippen LogP contribution in [0.3, 0.4) is 0 Å². The maximum absolute atomic E-state index is 10.2. The van der Waals surface area contributed by atoms with E-state index in [-0.39, 0.29) is 0 Å². The largest absolute Gasteiger partial charge is 0.496 e. The lowest BCUT2D eigenvalue weighted by Gasteiger charge is -2.10. The molecule has 21 heavy (non-hydrogen) atoms. The minimum absolute atomic E-state index is 0.623. The Bertz CT molecular complexity index is 791. The van der Waals surface area contributed by atoms with Gasteiger partial charge in [-0.05, 0) is 43.7 Å². The van der Waals surface area contributed by atoms with Crippen molar-refractivity contribution >= 4 is 5.65 Å². The van der Waals surface area contributed by atoms with Gasteiger partial charge in [-0.25, -0.2) is 4.98 Å². The molecule has 0 aliphatic rings. The van der Waals surface area contributed by atoms with Gasteiger partial charge in [0.1, 0.15) is 11.4 Å². The number of aryl methyl sites for hydroxylation is 1. The number of aliphatic hydroxyl groups excluding tert-OH is 1. The SMILES string of the molecule is COc1ccccc1-c1nc2cc(C)ccn2c1C(C)O. The van der Waals surface area contributed by atoms with Crippen LogP contribution in [-0.4, -0.2) is 21.6 Å². The zero-order valence-corrected chi connectivity index (χ0v) is 12.4. The van der Waals surface area contributed by atoms with Crippen LogP contribution in [0.5, 0.6) is 5.75 Å². The second kappa shape index (κ2) is 5.22. The van der Waals surface area contributed by atoms with Gasteiger partial charge in [0.2, 0.25) is 0 Å². The number of imidazole rings is 1. The number of nitrogens with zero attached hydrogens (tertiary/aromatic N) is 2. The molecule has 4 nitrogen and oxygen atoms in total. The van der Waals surface area contributed by atoms with Gasteiger partial charge in [-0.2, -0.15) is 0 Å². The molecular weight excluding hydrogens is 264 g/mol. The van der Waals surface area contributed by atoms with Gasteiger partial charge in [-0.1, -0.05) is 12.1 Å². The smallest absolute Gasteiger partial charge is 0.138 e. The molecule has 108 valence electrons. The van der Waals surface area contributed by atoms with Gasteiger partial charge < -0.3 is 14.2 Å². The molecule has 1 aromatic carbocycles. The number of fused-ring (bicyclic) bond motifs is 1. The predicted octanol–water partition coefficient (Wildman–Crippen LogP) is 3.37. The van der Waals surface area contributed by atoms with Gasteiger partial charge in [0.25, 0.3) is 0 Å². The van der Waals surface area contributed by atoms with E-state index in [0.29, 0.717) is 0 Å². The van der Waals surface area contributed by atoms with Crippen molar-refractivity contribution in [2.45, 2.75) is 20.0 Å². The topological polar surface area (TPSA) is 46.8 Å². The highest BCUT2D eigenvalue weighted by molar-refractivity contribution is 5.72. The number of hydrogen-bond donors (Lipinski definition) is 1. The standard InChI is InChI=1S/C17H18N2O2/c1-11-8-9-19-15(10-11)18-16(17(19)12(2)20)13-6-4-5-7-14(13)21-3/h4-10,12,20H,1-3H3. The van der Waals surface area contributed by atoms with Gasteiger partial charge in [0.05, 0.1) is 24.6 Å². The van der Waals surface area contributed by atoms with Crippen molar-refractivity contribution in [3.05, 3.63) is 53.9 Å². The van der Waals surface area contributed by atoms with Crippen LogP contribution < -0.4 is 4.74 Å². The first-order valence-corrected chi connectivity index (χ1v) is 6.92. The van der Waals surface area contributed by atoms with Gasteiger partial charge >= 0.3 is 0 Å². The van der Waals surface area contributed by atoms with Gasteiger partial charge in [0, 0.05) is 11.8 Å². The Kier molecular flexibility index (Phi) is 3.39. The van der Waals surface area contributed by atoms with Crippen molar-refractivity contribution in [1.82, 2.24) is 9.38 Å². The van der Waals surface area contributed by atoms with E-state index < -0.39 is 6.10 Å². The second-order valence-corrected chi connectivity index (χ2v) is 5.15. The summed E-state index contributed by atoms with van der Waals surface area (Å²) in [5.41, 5.74) is 4.38. The van der Waals surface area contributed by atoms with E-state index in [1.165, 1.54) is 0 Å². The molecule has 0 radical (unpaired) electrons. The van der Waals surface area contributed by atoms with Gasteiger partial charge in [-0.15, -0.1) is 0 Å². The first-order valence-electron chi connectivity index (χ1n) is 6.92. The fourth-order valence-corrected chi connectivity index (χ4v) is 2.60. The van der Waals surface area contributed by atoms with Crippen molar-refractivity contribution in [2.24, 2.45) is 0 Å². The average Bonchev–Trinajstić information content (AvgIpc) is 2.85. The third-order valence-corrected chi connectivity index (χ3v) is 3.58. The van der Waals surface area contributed by atoms with E-state index >= 15 is 0 Å². The van der Waals surface area contributed by atoms with E-state index in [9.17, 15) is 5.11 Å². The fourth-order valence-electron chi connectivity index (χ4n) is 2.60. The van der Waals surface area contributed by atoms with E-state index in [2.05, 4.69) is 0 Å². The zero-order chi connectivity index (χ0) is 15.0. The quantitative estimate of drug-likeness (QED) is 0.801. The van der Waals surface area contributed by atoms with Crippen LogP contribution >= 0.6 is 0 Å². The minimum atomic E-state index is -0.623. The summed E-state index contributed by atoms with van der Waals surface area (Å²) in [6.45, 7) is 3.78. The predicted molar refractivity (Wildman–Crippen MR) is 82.6 cm³/mol. The molecular formula is C17H18N2O2. The summed E-state index contributed by atoms with van der Waals surface area (Å²) in [6, 6.07) is 11.7. The molecule has 0 saturated carbocycles. The summed E-state index contributed by atoms with van der Waals surface area (Å²) in [5, 5.41) is 10.2. The van der Waals surface area contributed by atoms with E-state index in [4.69, 9.17) is 9.72 Å². The molecule has 2 aromatic heterocycles. The number of ether oxygens (including phenoxy) is 1. The van der Waals surface area contributed by atoms with Crippen LogP contribution in [0.2, 0.25) is 0 Å². The lowest BCUT2D eigenvalue weighted by atomic mass is 10.1. The van der Waals surface area contributed by atoms with Gasteiger partial charge in [-0.3, -0.25) is 0 Å². The lowest BCUT2D eigenvalue weighted by molar-refractivity contribution is 0.194. The third-order valence-electron chi connectivity index (χ3n) is 3.58. The summed E-state index contributed by atoms with van der Waals surface area (Å²) < 4.78 is 7.35. The van der Waals surface area contributed by atoms with Crippen molar-refractivity contribution < 1.29 is 9.84 Å². The molecule has 1 N–H and O–H groups in total. The molecule has 3 rings (SSSR count). The Morgan fingerprint density at radius 1 is 1.24 bits per heavy atom. The fraction of sp³-hybridized carbons (Fsp3) is 0.235. The number of aromatic nitrogens is 2. The second-order valence-electron chi connectivity index (χ2n) is 5.15. The molecule has 0 aliphatic carbocycles. The Labute approximate surface area is 123 Å². The van der Waals surface area contributed by atoms with Crippen LogP contribution in [0.1, 0.15) is 24.3 Å². The van der Waals surface area contributed by atoms with Crippen LogP contribution in [0.4, 0.5) is 0 Å². The average molecular weight is 282 g/mol. The molecule has 0 saturated heterocycles. The molecule has 2 heterocycles. The number of methoxy groups -OCH3 is 1. The molecule has 3 aromatic rings. The normalized spacial score (nSPS) is 12.6. The summed E-state index contributed by atoms with van der Waals surface area (Å²) in [4.78, 5) is 4.70. The molecule has 1 atom stereocenters. The van der Waals surface area contributed by atoms with Crippen LogP contribution in [-0.2, 0) is 0 Å². The lowest BCUT2D eigenvalue weighted by Crippen LogP contribution is -2.00. The number of benzene rings is 1. The van der Waals surface area contributed by atoms with Crippen molar-refractivity contribution in [2.75, 3.05) is 7.11 Å². The van der Waals surface area contributed by atoms with Crippen molar-refractivity contribution in [3.8, 4) is 17.0 Å². The highest BCUT2D eigenvalue weighted by Crippen LogP contribution is 2.34. The van der Waals surface area contributed by atoms with Crippen LogP contribution in [0.25, 0.3) is 16.9 Å². The van der Waals surface area contributed by atoms with Crippen LogP contribution in [0, 0.1) is 6.92 Å². The van der Waals surface area contributed by atoms with E-state index in [0.717, 1.165) is 33.9 Å². The molecule has 0 spiro atoms. The molecule has 0 aliphatic heterocycles. The highest BCUT2D eigenvalue weighted by atomic mass is 16.5. The summed E-state index contributed by atoms with van der Waals surface area (Å²) >= 11 is 0. The summed E-state index contributed by atoms with van der Waals surface area (Å²) in [7, 11) is 1.64. The molecule has 1 unspecified atom stereocenters. The maximum atomic E-state index is 10.2. The third kappa shape index (κ3) is 2.28. The van der Waals surface area contributed by atoms with E-state index in [1.807, 2.05) is 53.9 Å². The Balaban J connectivity index is 2.33. The number of rotatable bonds is 3. The Morgan fingerprint density at radius 2 is 2.00 bits per heavy atom. The molecule has 0 fully saturated rings. The number of para-hydroxylation sites is 1. The molecule has 0 amide bonds. The highest BCUT2D eigenvalue weighted by Gasteiger charge is 2.20. The summed E-state index contributed by atoms with van der Waals surface area (Å²) in [6.07, 6.45) is 1.32. The summed E-state index contributed by atoms with van der Waals surface area (Å²) in [5.74, 6) is 0.750.